The molecule has 0 aliphatic heterocycles. The number of benzene rings is 1. The molecule has 0 spiro atoms. The summed E-state index contributed by atoms with van der Waals surface area (Å²) in [6.07, 6.45) is 19.7. The van der Waals surface area contributed by atoms with Gasteiger partial charge in [0.2, 0.25) is 11.8 Å². The lowest BCUT2D eigenvalue weighted by atomic mass is 9.84. The first-order valence-electron chi connectivity index (χ1n) is 22.9. The summed E-state index contributed by atoms with van der Waals surface area (Å²) in [4.78, 5) is 35.9. The Balaban J connectivity index is 0.000000282. The second kappa shape index (κ2) is 24.4. The van der Waals surface area contributed by atoms with Crippen molar-refractivity contribution in [1.29, 1.82) is 0 Å². The number of rotatable bonds is 20. The first-order chi connectivity index (χ1) is 29.2. The first kappa shape index (κ1) is 50.9. The SMILES string of the molecule is CN(C)Cc1noc([C@H](CCCC2CCCCC2)CC(=O)OC(C)(C)C)n1.Cc1ccc(S(=O)(=O)OCc2noc([C@H](CCCC3CCCCC3)CC(=O)OC(C)(C)C)n2)cc1. The Morgan fingerprint density at radius 2 is 1.15 bits per heavy atom. The second-order valence-corrected chi connectivity index (χ2v) is 21.3. The van der Waals surface area contributed by atoms with Crippen molar-refractivity contribution in [1.82, 2.24) is 25.2 Å². The summed E-state index contributed by atoms with van der Waals surface area (Å²) in [5, 5.41) is 7.98. The van der Waals surface area contributed by atoms with Crippen molar-refractivity contribution in [3.8, 4) is 0 Å². The predicted molar refractivity (Wildman–Crippen MR) is 236 cm³/mol. The summed E-state index contributed by atoms with van der Waals surface area (Å²) < 4.78 is 52.0. The number of hydrogen-bond donors (Lipinski definition) is 0. The second-order valence-electron chi connectivity index (χ2n) is 19.7. The topological polar surface area (TPSA) is 177 Å². The van der Waals surface area contributed by atoms with Crippen molar-refractivity contribution < 1.29 is 40.7 Å². The van der Waals surface area contributed by atoms with Gasteiger partial charge in [0.05, 0.1) is 24.3 Å². The lowest BCUT2D eigenvalue weighted by Gasteiger charge is -2.23. The Labute approximate surface area is 371 Å². The summed E-state index contributed by atoms with van der Waals surface area (Å²) in [6.45, 7) is 13.3. The Morgan fingerprint density at radius 3 is 1.58 bits per heavy atom. The van der Waals surface area contributed by atoms with E-state index in [1.165, 1.54) is 82.8 Å². The van der Waals surface area contributed by atoms with E-state index in [0.717, 1.165) is 49.5 Å². The molecule has 2 atom stereocenters. The van der Waals surface area contributed by atoms with Gasteiger partial charge >= 0.3 is 11.9 Å². The molecular formula is C47H75N5O9S. The minimum absolute atomic E-state index is 0.0631. The van der Waals surface area contributed by atoms with Crippen LogP contribution in [-0.4, -0.2) is 70.8 Å². The van der Waals surface area contributed by atoms with E-state index in [-0.39, 0.29) is 47.5 Å². The quantitative estimate of drug-likeness (QED) is 0.0773. The number of hydrogen-bond acceptors (Lipinski definition) is 14. The van der Waals surface area contributed by atoms with Crippen LogP contribution >= 0.6 is 0 Å². The number of carbonyl (C=O) groups is 2. The van der Waals surface area contributed by atoms with Crippen LogP contribution in [0.5, 0.6) is 0 Å². The van der Waals surface area contributed by atoms with E-state index in [0.29, 0.717) is 30.6 Å². The molecule has 2 fully saturated rings. The Hall–Kier alpha value is -3.69. The zero-order chi connectivity index (χ0) is 45.3. The molecule has 0 saturated heterocycles. The van der Waals surface area contributed by atoms with Crippen LogP contribution in [0.2, 0.25) is 0 Å². The van der Waals surface area contributed by atoms with Gasteiger partial charge in [-0.25, -0.2) is 0 Å². The average Bonchev–Trinajstić information content (AvgIpc) is 3.86. The molecular weight excluding hydrogens is 811 g/mol. The molecule has 348 valence electrons. The summed E-state index contributed by atoms with van der Waals surface area (Å²) in [5.41, 5.74) is -0.109. The van der Waals surface area contributed by atoms with Gasteiger partial charge in [-0.1, -0.05) is 118 Å². The third-order valence-electron chi connectivity index (χ3n) is 11.2. The molecule has 14 nitrogen and oxygen atoms in total. The normalized spacial score (nSPS) is 16.7. The van der Waals surface area contributed by atoms with Gasteiger partial charge in [0, 0.05) is 11.8 Å². The van der Waals surface area contributed by atoms with Gasteiger partial charge < -0.3 is 23.4 Å². The van der Waals surface area contributed by atoms with Crippen LogP contribution in [0.3, 0.4) is 0 Å². The molecule has 0 N–H and O–H groups in total. The molecule has 2 aliphatic carbocycles. The molecule has 0 bridgehead atoms. The van der Waals surface area contributed by atoms with Gasteiger partial charge in [-0.2, -0.15) is 18.4 Å². The van der Waals surface area contributed by atoms with Gasteiger partial charge in [-0.3, -0.25) is 13.8 Å². The third kappa shape index (κ3) is 19.4. The molecule has 3 aromatic rings. The summed E-state index contributed by atoms with van der Waals surface area (Å²) in [7, 11) is -0.00673. The van der Waals surface area contributed by atoms with Crippen molar-refractivity contribution in [3.63, 3.8) is 0 Å². The maximum Gasteiger partial charge on any atom is 0.307 e. The fraction of sp³-hybridized carbons (Fsp3) is 0.745. The zero-order valence-corrected chi connectivity index (χ0v) is 39.9. The molecule has 5 rings (SSSR count). The van der Waals surface area contributed by atoms with E-state index in [9.17, 15) is 18.0 Å². The number of carbonyl (C=O) groups excluding carboxylic acids is 2. The molecule has 1 aromatic carbocycles. The van der Waals surface area contributed by atoms with Crippen molar-refractivity contribution in [3.05, 3.63) is 53.3 Å². The molecule has 15 heteroatoms. The molecule has 0 amide bonds. The van der Waals surface area contributed by atoms with Gasteiger partial charge in [-0.15, -0.1) is 0 Å². The lowest BCUT2D eigenvalue weighted by molar-refractivity contribution is -0.156. The Morgan fingerprint density at radius 1 is 0.710 bits per heavy atom. The van der Waals surface area contributed by atoms with Gasteiger partial charge in [-0.05, 0) is 99.4 Å². The Bertz CT molecular complexity index is 1880. The van der Waals surface area contributed by atoms with Crippen molar-refractivity contribution in [2.45, 2.75) is 205 Å². The highest BCUT2D eigenvalue weighted by Crippen LogP contribution is 2.33. The highest BCUT2D eigenvalue weighted by molar-refractivity contribution is 7.86. The van der Waals surface area contributed by atoms with Crippen molar-refractivity contribution in [2.24, 2.45) is 11.8 Å². The summed E-state index contributed by atoms with van der Waals surface area (Å²) in [5.74, 6) is 2.38. The molecule has 0 unspecified atom stereocenters. The van der Waals surface area contributed by atoms with Crippen LogP contribution in [0, 0.1) is 18.8 Å². The molecule has 2 aromatic heterocycles. The maximum absolute atomic E-state index is 12.5. The summed E-state index contributed by atoms with van der Waals surface area (Å²) in [6, 6.07) is 6.40. The van der Waals surface area contributed by atoms with Crippen LogP contribution in [0.1, 0.15) is 198 Å². The van der Waals surface area contributed by atoms with Crippen LogP contribution < -0.4 is 0 Å². The fourth-order valence-electron chi connectivity index (χ4n) is 8.23. The number of nitrogens with zero attached hydrogens (tertiary/aromatic N) is 5. The van der Waals surface area contributed by atoms with Crippen LogP contribution in [-0.2, 0) is 46.5 Å². The molecule has 2 heterocycles. The van der Waals surface area contributed by atoms with E-state index in [2.05, 4.69) is 20.3 Å². The zero-order valence-electron chi connectivity index (χ0n) is 39.1. The standard InChI is InChI=1S/C26H38N2O6S.C21H37N3O3/c1-19-13-15-22(16-14-19)35(30,31)32-18-23-27-25(34-28-23)21(17-24(29)33-26(2,3)4)12-8-11-20-9-6-5-7-10-20;1-21(2,3)26-19(25)14-17(13-9-12-16-10-7-6-8-11-16)20-22-18(23-27-20)15-24(4)5/h13-16,20-21H,5-12,17-18H2,1-4H3;16-17H,6-15H2,1-5H3/t21-;17-/m11/s1. The minimum Gasteiger partial charge on any atom is -0.460 e. The van der Waals surface area contributed by atoms with E-state index in [1.54, 1.807) is 12.1 Å². The van der Waals surface area contributed by atoms with Crippen LogP contribution in [0.15, 0.2) is 38.2 Å². The highest BCUT2D eigenvalue weighted by Gasteiger charge is 2.29. The van der Waals surface area contributed by atoms with Crippen molar-refractivity contribution in [2.75, 3.05) is 14.1 Å². The molecule has 2 saturated carbocycles. The highest BCUT2D eigenvalue weighted by atomic mass is 32.2. The number of esters is 2. The minimum atomic E-state index is -3.95. The van der Waals surface area contributed by atoms with Gasteiger partial charge in [0.15, 0.2) is 11.6 Å². The predicted octanol–water partition coefficient (Wildman–Crippen LogP) is 10.5. The van der Waals surface area contributed by atoms with E-state index < -0.39 is 21.3 Å². The fourth-order valence-corrected chi connectivity index (χ4v) is 9.09. The number of aromatic nitrogens is 4. The van der Waals surface area contributed by atoms with E-state index in [1.807, 2.05) is 67.5 Å². The first-order valence-corrected chi connectivity index (χ1v) is 24.3. The molecule has 0 radical (unpaired) electrons. The van der Waals surface area contributed by atoms with E-state index >= 15 is 0 Å². The average molecular weight is 886 g/mol. The van der Waals surface area contributed by atoms with Crippen LogP contribution in [0.4, 0.5) is 0 Å². The largest absolute Gasteiger partial charge is 0.460 e. The maximum atomic E-state index is 12.5. The summed E-state index contributed by atoms with van der Waals surface area (Å²) >= 11 is 0. The van der Waals surface area contributed by atoms with Crippen LogP contribution in [0.25, 0.3) is 0 Å². The molecule has 2 aliphatic rings. The lowest BCUT2D eigenvalue weighted by Crippen LogP contribution is -2.25. The Kier molecular flexibility index (Phi) is 20.0. The third-order valence-corrected chi connectivity index (χ3v) is 12.5. The van der Waals surface area contributed by atoms with Gasteiger partial charge in [0.1, 0.15) is 17.8 Å². The number of ether oxygens (including phenoxy) is 2. The monoisotopic (exact) mass is 886 g/mol. The molecule has 62 heavy (non-hydrogen) atoms. The number of aryl methyl sites for hydroxylation is 1. The smallest absolute Gasteiger partial charge is 0.307 e. The van der Waals surface area contributed by atoms with Crippen molar-refractivity contribution >= 4 is 22.1 Å². The van der Waals surface area contributed by atoms with E-state index in [4.69, 9.17) is 22.7 Å². The van der Waals surface area contributed by atoms with Gasteiger partial charge in [0.25, 0.3) is 10.1 Å².